The van der Waals surface area contributed by atoms with Crippen LogP contribution < -0.4 is 10.7 Å². The van der Waals surface area contributed by atoms with Gasteiger partial charge in [0.25, 0.3) is 5.91 Å². The molecule has 1 N–H and O–H groups in total. The number of carbonyl (C=O) groups excluding carboxylic acids is 1. The smallest absolute Gasteiger partial charge is 0.257 e. The third kappa shape index (κ3) is 3.59. The van der Waals surface area contributed by atoms with E-state index in [4.69, 9.17) is 11.6 Å². The highest BCUT2D eigenvalue weighted by molar-refractivity contribution is 6.31. The summed E-state index contributed by atoms with van der Waals surface area (Å²) in [5, 5.41) is 3.74. The van der Waals surface area contributed by atoms with Crippen LogP contribution in [0.3, 0.4) is 0 Å². The molecule has 1 aromatic heterocycles. The van der Waals surface area contributed by atoms with Gasteiger partial charge in [-0.2, -0.15) is 0 Å². The SMILES string of the molecule is CC(C)n1cc(C(=O)NCc2ccccc2)c(=O)c2cc(Cl)ccc21. The van der Waals surface area contributed by atoms with Crippen LogP contribution >= 0.6 is 11.6 Å². The van der Waals surface area contributed by atoms with Crippen molar-refractivity contribution in [3.63, 3.8) is 0 Å². The molecule has 0 aliphatic heterocycles. The van der Waals surface area contributed by atoms with Crippen LogP contribution in [0.15, 0.2) is 59.5 Å². The van der Waals surface area contributed by atoms with Crippen molar-refractivity contribution in [3.8, 4) is 0 Å². The van der Waals surface area contributed by atoms with Crippen molar-refractivity contribution < 1.29 is 4.79 Å². The second kappa shape index (κ2) is 7.11. The van der Waals surface area contributed by atoms with Gasteiger partial charge >= 0.3 is 0 Å². The van der Waals surface area contributed by atoms with Gasteiger partial charge in [-0.25, -0.2) is 0 Å². The second-order valence-electron chi connectivity index (χ2n) is 6.20. The number of hydrogen-bond acceptors (Lipinski definition) is 2. The first-order chi connectivity index (χ1) is 12.0. The van der Waals surface area contributed by atoms with Gasteiger partial charge in [0, 0.05) is 29.2 Å². The summed E-state index contributed by atoms with van der Waals surface area (Å²) in [6.45, 7) is 4.38. The van der Waals surface area contributed by atoms with Crippen molar-refractivity contribution in [1.82, 2.24) is 9.88 Å². The molecule has 0 saturated carbocycles. The summed E-state index contributed by atoms with van der Waals surface area (Å²) >= 11 is 6.05. The Morgan fingerprint density at radius 2 is 1.88 bits per heavy atom. The van der Waals surface area contributed by atoms with Gasteiger partial charge in [-0.1, -0.05) is 41.9 Å². The molecule has 4 nitrogen and oxygen atoms in total. The fourth-order valence-corrected chi connectivity index (χ4v) is 2.96. The molecule has 0 aliphatic carbocycles. The van der Waals surface area contributed by atoms with E-state index in [-0.39, 0.29) is 22.9 Å². The summed E-state index contributed by atoms with van der Waals surface area (Å²) in [6, 6.07) is 14.9. The van der Waals surface area contributed by atoms with E-state index >= 15 is 0 Å². The van der Waals surface area contributed by atoms with Crippen LogP contribution in [-0.4, -0.2) is 10.5 Å². The van der Waals surface area contributed by atoms with Crippen molar-refractivity contribution in [2.45, 2.75) is 26.4 Å². The lowest BCUT2D eigenvalue weighted by molar-refractivity contribution is 0.0949. The fraction of sp³-hybridized carbons (Fsp3) is 0.200. The number of carbonyl (C=O) groups is 1. The van der Waals surface area contributed by atoms with Crippen LogP contribution in [0, 0.1) is 0 Å². The molecule has 0 radical (unpaired) electrons. The first kappa shape index (κ1) is 17.2. The molecule has 3 aromatic rings. The van der Waals surface area contributed by atoms with Crippen LogP contribution in [0.25, 0.3) is 10.9 Å². The molecule has 1 heterocycles. The molecule has 0 saturated heterocycles. The number of hydrogen-bond donors (Lipinski definition) is 1. The van der Waals surface area contributed by atoms with E-state index in [2.05, 4.69) is 5.32 Å². The Kier molecular flexibility index (Phi) is 4.91. The maximum Gasteiger partial charge on any atom is 0.257 e. The van der Waals surface area contributed by atoms with Gasteiger partial charge < -0.3 is 9.88 Å². The molecule has 0 unspecified atom stereocenters. The Morgan fingerprint density at radius 1 is 1.16 bits per heavy atom. The highest BCUT2D eigenvalue weighted by Crippen LogP contribution is 2.20. The third-order valence-electron chi connectivity index (χ3n) is 4.09. The minimum Gasteiger partial charge on any atom is -0.348 e. The predicted molar refractivity (Wildman–Crippen MR) is 101 cm³/mol. The van der Waals surface area contributed by atoms with Gasteiger partial charge in [0.1, 0.15) is 5.56 Å². The first-order valence-electron chi connectivity index (χ1n) is 8.14. The van der Waals surface area contributed by atoms with E-state index in [1.807, 2.05) is 54.8 Å². The maximum absolute atomic E-state index is 12.8. The number of aromatic nitrogens is 1. The predicted octanol–water partition coefficient (Wildman–Crippen LogP) is 4.17. The third-order valence-corrected chi connectivity index (χ3v) is 4.33. The molecule has 0 atom stereocenters. The maximum atomic E-state index is 12.8. The Morgan fingerprint density at radius 3 is 2.56 bits per heavy atom. The van der Waals surface area contributed by atoms with Crippen LogP contribution in [0.1, 0.15) is 35.8 Å². The van der Waals surface area contributed by atoms with Gasteiger partial charge in [0.05, 0.1) is 5.52 Å². The van der Waals surface area contributed by atoms with Gasteiger partial charge in [0.15, 0.2) is 0 Å². The molecule has 0 aliphatic rings. The zero-order valence-corrected chi connectivity index (χ0v) is 14.9. The molecule has 128 valence electrons. The lowest BCUT2D eigenvalue weighted by atomic mass is 10.1. The van der Waals surface area contributed by atoms with Crippen LogP contribution in [-0.2, 0) is 6.54 Å². The van der Waals surface area contributed by atoms with Crippen molar-refractivity contribution in [1.29, 1.82) is 0 Å². The average Bonchev–Trinajstić information content (AvgIpc) is 2.61. The van der Waals surface area contributed by atoms with E-state index in [1.165, 1.54) is 0 Å². The molecule has 2 aromatic carbocycles. The Labute approximate surface area is 151 Å². The normalized spacial score (nSPS) is 11.0. The molecule has 5 heteroatoms. The van der Waals surface area contributed by atoms with E-state index in [1.54, 1.807) is 18.3 Å². The van der Waals surface area contributed by atoms with E-state index in [0.717, 1.165) is 11.1 Å². The minimum absolute atomic E-state index is 0.102. The molecule has 0 fully saturated rings. The van der Waals surface area contributed by atoms with E-state index in [0.29, 0.717) is 17.0 Å². The lowest BCUT2D eigenvalue weighted by Crippen LogP contribution is -2.29. The summed E-state index contributed by atoms with van der Waals surface area (Å²) < 4.78 is 1.92. The topological polar surface area (TPSA) is 51.1 Å². The molecular weight excluding hydrogens is 336 g/mol. The summed E-state index contributed by atoms with van der Waals surface area (Å²) in [5.74, 6) is -0.384. The number of rotatable bonds is 4. The van der Waals surface area contributed by atoms with Gasteiger partial charge in [-0.3, -0.25) is 9.59 Å². The summed E-state index contributed by atoms with van der Waals surface area (Å²) in [7, 11) is 0. The largest absolute Gasteiger partial charge is 0.348 e. The fourth-order valence-electron chi connectivity index (χ4n) is 2.79. The quantitative estimate of drug-likeness (QED) is 0.764. The molecule has 25 heavy (non-hydrogen) atoms. The standard InChI is InChI=1S/C20H19ClN2O2/c1-13(2)23-12-17(19(24)16-10-15(21)8-9-18(16)23)20(25)22-11-14-6-4-3-5-7-14/h3-10,12-13H,11H2,1-2H3,(H,22,25). The van der Waals surface area contributed by atoms with Gasteiger partial charge in [0.2, 0.25) is 5.43 Å². The zero-order valence-electron chi connectivity index (χ0n) is 14.1. The van der Waals surface area contributed by atoms with Crippen LogP contribution in [0.5, 0.6) is 0 Å². The number of pyridine rings is 1. The van der Waals surface area contributed by atoms with Gasteiger partial charge in [-0.05, 0) is 37.6 Å². The zero-order chi connectivity index (χ0) is 18.0. The van der Waals surface area contributed by atoms with Crippen molar-refractivity contribution in [2.24, 2.45) is 0 Å². The first-order valence-corrected chi connectivity index (χ1v) is 8.51. The van der Waals surface area contributed by atoms with E-state index in [9.17, 15) is 9.59 Å². The summed E-state index contributed by atoms with van der Waals surface area (Å²) in [4.78, 5) is 25.4. The van der Waals surface area contributed by atoms with Crippen molar-refractivity contribution in [2.75, 3.05) is 0 Å². The van der Waals surface area contributed by atoms with E-state index < -0.39 is 0 Å². The number of amides is 1. The number of benzene rings is 2. The summed E-state index contributed by atoms with van der Waals surface area (Å²) in [6.07, 6.45) is 1.63. The van der Waals surface area contributed by atoms with Crippen LogP contribution in [0.2, 0.25) is 5.02 Å². The average molecular weight is 355 g/mol. The van der Waals surface area contributed by atoms with Crippen LogP contribution in [0.4, 0.5) is 0 Å². The number of nitrogens with one attached hydrogen (secondary N) is 1. The molecule has 1 amide bonds. The molecule has 0 spiro atoms. The monoisotopic (exact) mass is 354 g/mol. The Balaban J connectivity index is 2.02. The number of fused-ring (bicyclic) bond motifs is 1. The Hall–Kier alpha value is -2.59. The molecule has 0 bridgehead atoms. The number of halogens is 1. The molecule has 3 rings (SSSR count). The van der Waals surface area contributed by atoms with Crippen molar-refractivity contribution >= 4 is 28.4 Å². The lowest BCUT2D eigenvalue weighted by Gasteiger charge is -2.17. The minimum atomic E-state index is -0.384. The summed E-state index contributed by atoms with van der Waals surface area (Å²) in [5.41, 5.74) is 1.56. The second-order valence-corrected chi connectivity index (χ2v) is 6.64. The Bertz CT molecular complexity index is 978. The number of nitrogens with zero attached hydrogens (tertiary/aromatic N) is 1. The highest BCUT2D eigenvalue weighted by Gasteiger charge is 2.16. The van der Waals surface area contributed by atoms with Crippen molar-refractivity contribution in [3.05, 3.63) is 81.1 Å². The van der Waals surface area contributed by atoms with Gasteiger partial charge in [-0.15, -0.1) is 0 Å². The molecular formula is C20H19ClN2O2. The highest BCUT2D eigenvalue weighted by atomic mass is 35.5.